The van der Waals surface area contributed by atoms with Crippen LogP contribution in [0.25, 0.3) is 10.9 Å². The lowest BCUT2D eigenvalue weighted by molar-refractivity contribution is 0.0124. The van der Waals surface area contributed by atoms with Crippen LogP contribution < -0.4 is 19.5 Å². The monoisotopic (exact) mass is 545 g/mol. The first-order valence-corrected chi connectivity index (χ1v) is 13.3. The Balaban J connectivity index is 1.24. The molecule has 1 saturated heterocycles. The van der Waals surface area contributed by atoms with E-state index in [-0.39, 0.29) is 30.9 Å². The number of aryl methyl sites for hydroxylation is 2. The maximum absolute atomic E-state index is 13.3. The zero-order chi connectivity index (χ0) is 27.6. The summed E-state index contributed by atoms with van der Waals surface area (Å²) in [5, 5.41) is 18.6. The number of ether oxygens (including phenoxy) is 3. The third-order valence-corrected chi connectivity index (χ3v) is 8.38. The second-order valence-electron chi connectivity index (χ2n) is 10.9. The van der Waals surface area contributed by atoms with E-state index in [4.69, 9.17) is 18.7 Å². The van der Waals surface area contributed by atoms with Crippen LogP contribution in [-0.2, 0) is 12.0 Å². The van der Waals surface area contributed by atoms with E-state index in [0.717, 1.165) is 45.0 Å². The van der Waals surface area contributed by atoms with Gasteiger partial charge in [-0.15, -0.1) is 0 Å². The molecule has 0 aliphatic carbocycles. The van der Waals surface area contributed by atoms with Gasteiger partial charge in [-0.1, -0.05) is 11.2 Å². The van der Waals surface area contributed by atoms with E-state index < -0.39 is 0 Å². The van der Waals surface area contributed by atoms with Gasteiger partial charge in [0.2, 0.25) is 6.79 Å². The summed E-state index contributed by atoms with van der Waals surface area (Å²) in [5.41, 5.74) is 5.08. The molecule has 40 heavy (non-hydrogen) atoms. The van der Waals surface area contributed by atoms with Gasteiger partial charge in [0.25, 0.3) is 0 Å². The van der Waals surface area contributed by atoms with Crippen LogP contribution in [0.3, 0.4) is 0 Å². The van der Waals surface area contributed by atoms with Crippen molar-refractivity contribution in [3.8, 4) is 17.2 Å². The molecule has 4 aromatic rings. The highest BCUT2D eigenvalue weighted by Crippen LogP contribution is 2.49. The quantitative estimate of drug-likeness (QED) is 0.346. The maximum atomic E-state index is 13.3. The number of aliphatic hydroxyl groups is 1. The zero-order valence-electron chi connectivity index (χ0n) is 22.6. The number of rotatable bonds is 5. The molecule has 2 aromatic heterocycles. The van der Waals surface area contributed by atoms with Crippen LogP contribution in [0, 0.1) is 13.8 Å². The Hall–Kier alpha value is -4.22. The number of hydrogen-bond acceptors (Lipinski definition) is 8. The fraction of sp³-hybridized carbons (Fsp3) is 0.379. The number of aromatic amines is 1. The van der Waals surface area contributed by atoms with E-state index in [1.807, 2.05) is 35.2 Å². The number of likely N-dealkylation sites (tertiary alicyclic amines) is 1. The van der Waals surface area contributed by atoms with Crippen molar-refractivity contribution in [2.45, 2.75) is 31.8 Å². The molecule has 208 valence electrons. The van der Waals surface area contributed by atoms with Crippen LogP contribution >= 0.6 is 0 Å². The van der Waals surface area contributed by atoms with E-state index in [9.17, 15) is 9.90 Å². The Bertz CT molecular complexity index is 1600. The minimum absolute atomic E-state index is 0.0478. The first kappa shape index (κ1) is 24.8. The standard InChI is InChI=1S/C29H31N5O6/c1-16-26(17(2)40-32-16)31-28(36)34-13-29(14-34)12-33(10-18-4-7-23-24(8-18)39-15-38-23)22(11-35)27-25(29)20-6-5-19(37-3)9-21(20)30-27/h4-9,22,30,35H,10-15H2,1-3H3,(H,31,36)/t22-/m1/s1. The first-order chi connectivity index (χ1) is 19.4. The van der Waals surface area contributed by atoms with E-state index >= 15 is 0 Å². The van der Waals surface area contributed by atoms with Crippen molar-refractivity contribution in [2.75, 3.05) is 45.5 Å². The van der Waals surface area contributed by atoms with Crippen molar-refractivity contribution in [2.24, 2.45) is 0 Å². The van der Waals surface area contributed by atoms with Gasteiger partial charge in [0, 0.05) is 54.3 Å². The molecule has 0 radical (unpaired) electrons. The van der Waals surface area contributed by atoms with Crippen LogP contribution in [-0.4, -0.2) is 71.2 Å². The molecule has 11 heteroatoms. The fourth-order valence-electron chi connectivity index (χ4n) is 6.49. The fourth-order valence-corrected chi connectivity index (χ4v) is 6.49. The summed E-state index contributed by atoms with van der Waals surface area (Å²) in [6, 6.07) is 11.5. The highest BCUT2D eigenvalue weighted by molar-refractivity contribution is 5.93. The van der Waals surface area contributed by atoms with Gasteiger partial charge in [-0.05, 0) is 49.2 Å². The molecule has 3 N–H and O–H groups in total. The van der Waals surface area contributed by atoms with Gasteiger partial charge >= 0.3 is 6.03 Å². The first-order valence-electron chi connectivity index (χ1n) is 13.3. The summed E-state index contributed by atoms with van der Waals surface area (Å²) in [6.07, 6.45) is 0. The van der Waals surface area contributed by atoms with Crippen molar-refractivity contribution in [1.29, 1.82) is 0 Å². The Morgan fingerprint density at radius 1 is 1.18 bits per heavy atom. The van der Waals surface area contributed by atoms with E-state index in [2.05, 4.69) is 26.4 Å². The van der Waals surface area contributed by atoms with Gasteiger partial charge in [0.15, 0.2) is 17.3 Å². The second-order valence-corrected chi connectivity index (χ2v) is 10.9. The lowest BCUT2D eigenvalue weighted by Crippen LogP contribution is -2.68. The van der Waals surface area contributed by atoms with Crippen LogP contribution in [0.5, 0.6) is 17.2 Å². The van der Waals surface area contributed by atoms with Gasteiger partial charge < -0.3 is 39.0 Å². The van der Waals surface area contributed by atoms with Gasteiger partial charge in [0.05, 0.1) is 19.8 Å². The van der Waals surface area contributed by atoms with Gasteiger partial charge in [-0.3, -0.25) is 4.90 Å². The molecule has 1 atom stereocenters. The number of carbonyl (C=O) groups is 1. The molecule has 2 aromatic carbocycles. The molecule has 0 saturated carbocycles. The number of amides is 2. The number of methoxy groups -OCH3 is 1. The summed E-state index contributed by atoms with van der Waals surface area (Å²) in [7, 11) is 1.65. The molecule has 5 heterocycles. The summed E-state index contributed by atoms with van der Waals surface area (Å²) in [6.45, 7) is 6.10. The van der Waals surface area contributed by atoms with Gasteiger partial charge in [0.1, 0.15) is 17.1 Å². The molecule has 0 bridgehead atoms. The summed E-state index contributed by atoms with van der Waals surface area (Å²) >= 11 is 0. The summed E-state index contributed by atoms with van der Waals surface area (Å²) in [4.78, 5) is 21.0. The molecular weight excluding hydrogens is 514 g/mol. The number of nitrogens with one attached hydrogen (secondary N) is 2. The second kappa shape index (κ2) is 9.17. The number of aromatic nitrogens is 2. The number of benzene rings is 2. The number of H-pyrrole nitrogens is 1. The molecule has 3 aliphatic heterocycles. The molecule has 1 fully saturated rings. The van der Waals surface area contributed by atoms with Crippen LogP contribution in [0.15, 0.2) is 40.9 Å². The van der Waals surface area contributed by atoms with Crippen molar-refractivity contribution >= 4 is 22.6 Å². The average Bonchev–Trinajstić information content (AvgIpc) is 3.64. The Kier molecular flexibility index (Phi) is 5.69. The highest BCUT2D eigenvalue weighted by atomic mass is 16.7. The summed E-state index contributed by atoms with van der Waals surface area (Å²) < 4.78 is 21.8. The van der Waals surface area contributed by atoms with E-state index in [0.29, 0.717) is 43.3 Å². The number of hydrogen-bond donors (Lipinski definition) is 3. The molecule has 2 amide bonds. The molecular formula is C29H31N5O6. The lowest BCUT2D eigenvalue weighted by atomic mass is 9.68. The number of aliphatic hydroxyl groups excluding tert-OH is 1. The zero-order valence-corrected chi connectivity index (χ0v) is 22.6. The minimum Gasteiger partial charge on any atom is -0.497 e. The predicted octanol–water partition coefficient (Wildman–Crippen LogP) is 3.84. The number of anilines is 1. The largest absolute Gasteiger partial charge is 0.497 e. The Morgan fingerprint density at radius 2 is 2.00 bits per heavy atom. The van der Waals surface area contributed by atoms with Crippen molar-refractivity contribution < 1.29 is 28.6 Å². The third-order valence-electron chi connectivity index (χ3n) is 8.38. The Labute approximate surface area is 230 Å². The van der Waals surface area contributed by atoms with Crippen molar-refractivity contribution in [3.63, 3.8) is 0 Å². The topological polar surface area (TPSA) is 125 Å². The van der Waals surface area contributed by atoms with Gasteiger partial charge in [-0.2, -0.15) is 0 Å². The smallest absolute Gasteiger partial charge is 0.322 e. The molecule has 1 spiro atoms. The normalized spacial score (nSPS) is 19.1. The highest BCUT2D eigenvalue weighted by Gasteiger charge is 2.54. The molecule has 11 nitrogen and oxygen atoms in total. The lowest BCUT2D eigenvalue weighted by Gasteiger charge is -2.56. The molecule has 7 rings (SSSR count). The van der Waals surface area contributed by atoms with Crippen molar-refractivity contribution in [1.82, 2.24) is 19.9 Å². The minimum atomic E-state index is -0.319. The van der Waals surface area contributed by atoms with E-state index in [1.54, 1.807) is 21.0 Å². The van der Waals surface area contributed by atoms with Crippen molar-refractivity contribution in [3.05, 3.63) is 64.7 Å². The number of nitrogens with zero attached hydrogens (tertiary/aromatic N) is 3. The number of fused-ring (bicyclic) bond motifs is 5. The molecule has 3 aliphatic rings. The third kappa shape index (κ3) is 3.80. The maximum Gasteiger partial charge on any atom is 0.322 e. The van der Waals surface area contributed by atoms with Crippen LogP contribution in [0.1, 0.15) is 34.3 Å². The predicted molar refractivity (Wildman–Crippen MR) is 146 cm³/mol. The van der Waals surface area contributed by atoms with E-state index in [1.165, 1.54) is 0 Å². The summed E-state index contributed by atoms with van der Waals surface area (Å²) in [5.74, 6) is 2.80. The SMILES string of the molecule is COc1ccc2c3c([nH]c2c1)[C@@H](CO)N(Cc1ccc2c(c1)OCO2)CC31CN(C(=O)Nc2c(C)noc2C)C1. The average molecular weight is 546 g/mol. The van der Waals surface area contributed by atoms with Crippen LogP contribution in [0.4, 0.5) is 10.5 Å². The number of carbonyl (C=O) groups excluding carboxylic acids is 1. The molecule has 0 unspecified atom stereocenters. The van der Waals surface area contributed by atoms with Gasteiger partial charge in [-0.25, -0.2) is 4.79 Å². The Morgan fingerprint density at radius 3 is 2.75 bits per heavy atom. The van der Waals surface area contributed by atoms with Crippen LogP contribution in [0.2, 0.25) is 0 Å². The number of urea groups is 1.